The lowest BCUT2D eigenvalue weighted by atomic mass is 10.0. The molecule has 1 aliphatic rings. The Morgan fingerprint density at radius 3 is 2.75 bits per heavy atom. The van der Waals surface area contributed by atoms with Crippen LogP contribution in [-0.4, -0.2) is 13.2 Å². The van der Waals surface area contributed by atoms with Crippen molar-refractivity contribution in [1.29, 1.82) is 0 Å². The van der Waals surface area contributed by atoms with E-state index in [0.717, 1.165) is 17.2 Å². The molecule has 0 amide bonds. The molecule has 3 heteroatoms. The minimum absolute atomic E-state index is 0.181. The maximum Gasteiger partial charge on any atom is 0.142 e. The molecule has 20 heavy (non-hydrogen) atoms. The molecule has 3 rings (SSSR count). The standard InChI is InChI=1S/C17H19NO2/c1-3-19-14-7-5-13(6-8-14)16-11-20-17-10-12(2)4-9-15(17)18-16/h4-10,16,18H,3,11H2,1-2H3/t16-/m1/s1. The molecule has 1 aliphatic heterocycles. The van der Waals surface area contributed by atoms with Crippen LogP contribution in [0.3, 0.4) is 0 Å². The quantitative estimate of drug-likeness (QED) is 0.915. The fourth-order valence-electron chi connectivity index (χ4n) is 2.41. The number of hydrogen-bond acceptors (Lipinski definition) is 3. The van der Waals surface area contributed by atoms with Crippen LogP contribution >= 0.6 is 0 Å². The van der Waals surface area contributed by atoms with Gasteiger partial charge in [-0.1, -0.05) is 18.2 Å². The molecule has 0 saturated carbocycles. The highest BCUT2D eigenvalue weighted by Gasteiger charge is 2.20. The Balaban J connectivity index is 1.77. The number of benzene rings is 2. The van der Waals surface area contributed by atoms with Crippen molar-refractivity contribution in [3.8, 4) is 11.5 Å². The van der Waals surface area contributed by atoms with E-state index in [1.165, 1.54) is 11.1 Å². The third kappa shape index (κ3) is 2.57. The fourth-order valence-corrected chi connectivity index (χ4v) is 2.41. The second-order valence-corrected chi connectivity index (χ2v) is 5.01. The number of rotatable bonds is 3. The smallest absolute Gasteiger partial charge is 0.142 e. The minimum atomic E-state index is 0.181. The predicted molar refractivity (Wildman–Crippen MR) is 80.6 cm³/mol. The molecule has 0 fully saturated rings. The summed E-state index contributed by atoms with van der Waals surface area (Å²) in [5.41, 5.74) is 3.48. The third-order valence-electron chi connectivity index (χ3n) is 3.47. The summed E-state index contributed by atoms with van der Waals surface area (Å²) in [6.07, 6.45) is 0. The largest absolute Gasteiger partial charge is 0.494 e. The van der Waals surface area contributed by atoms with Crippen LogP contribution in [0.5, 0.6) is 11.5 Å². The van der Waals surface area contributed by atoms with Crippen molar-refractivity contribution in [3.05, 3.63) is 53.6 Å². The van der Waals surface area contributed by atoms with Gasteiger partial charge in [-0.25, -0.2) is 0 Å². The molecule has 3 nitrogen and oxygen atoms in total. The Morgan fingerprint density at radius 1 is 1.20 bits per heavy atom. The Bertz CT molecular complexity index is 592. The molecular weight excluding hydrogens is 250 g/mol. The van der Waals surface area contributed by atoms with E-state index in [9.17, 15) is 0 Å². The molecule has 0 radical (unpaired) electrons. The Morgan fingerprint density at radius 2 is 2.00 bits per heavy atom. The monoisotopic (exact) mass is 269 g/mol. The van der Waals surface area contributed by atoms with Crippen LogP contribution in [0.15, 0.2) is 42.5 Å². The van der Waals surface area contributed by atoms with Crippen molar-refractivity contribution in [3.63, 3.8) is 0 Å². The molecule has 0 unspecified atom stereocenters. The molecule has 2 aromatic rings. The Labute approximate surface area is 119 Å². The molecule has 1 N–H and O–H groups in total. The van der Waals surface area contributed by atoms with Gasteiger partial charge in [0.25, 0.3) is 0 Å². The van der Waals surface area contributed by atoms with Gasteiger partial charge in [0.15, 0.2) is 0 Å². The highest BCUT2D eigenvalue weighted by Crippen LogP contribution is 2.34. The van der Waals surface area contributed by atoms with Gasteiger partial charge < -0.3 is 14.8 Å². The second-order valence-electron chi connectivity index (χ2n) is 5.01. The van der Waals surface area contributed by atoms with E-state index in [1.807, 2.05) is 19.1 Å². The van der Waals surface area contributed by atoms with Crippen molar-refractivity contribution < 1.29 is 9.47 Å². The van der Waals surface area contributed by atoms with Crippen LogP contribution in [0.25, 0.3) is 0 Å². The van der Waals surface area contributed by atoms with E-state index in [4.69, 9.17) is 9.47 Å². The zero-order chi connectivity index (χ0) is 13.9. The van der Waals surface area contributed by atoms with Gasteiger partial charge in [0.2, 0.25) is 0 Å². The molecular formula is C17H19NO2. The van der Waals surface area contributed by atoms with Crippen LogP contribution in [0.1, 0.15) is 24.1 Å². The average molecular weight is 269 g/mol. The highest BCUT2D eigenvalue weighted by molar-refractivity contribution is 5.60. The summed E-state index contributed by atoms with van der Waals surface area (Å²) in [5, 5.41) is 3.53. The molecule has 1 heterocycles. The van der Waals surface area contributed by atoms with Gasteiger partial charge in [0.1, 0.15) is 18.1 Å². The SMILES string of the molecule is CCOc1ccc([C@H]2COc3cc(C)ccc3N2)cc1. The number of anilines is 1. The first kappa shape index (κ1) is 12.9. The zero-order valence-corrected chi connectivity index (χ0v) is 11.8. The van der Waals surface area contributed by atoms with E-state index in [0.29, 0.717) is 13.2 Å². The summed E-state index contributed by atoms with van der Waals surface area (Å²) in [6, 6.07) is 14.6. The predicted octanol–water partition coefficient (Wildman–Crippen LogP) is 3.94. The van der Waals surface area contributed by atoms with Gasteiger partial charge in [-0.05, 0) is 49.2 Å². The Kier molecular flexibility index (Phi) is 3.50. The van der Waals surface area contributed by atoms with Crippen LogP contribution in [0.4, 0.5) is 5.69 Å². The van der Waals surface area contributed by atoms with Gasteiger partial charge in [0.05, 0.1) is 18.3 Å². The summed E-state index contributed by atoms with van der Waals surface area (Å²) < 4.78 is 11.3. The lowest BCUT2D eigenvalue weighted by molar-refractivity contribution is 0.286. The third-order valence-corrected chi connectivity index (χ3v) is 3.47. The van der Waals surface area contributed by atoms with E-state index in [1.54, 1.807) is 0 Å². The summed E-state index contributed by atoms with van der Waals surface area (Å²) >= 11 is 0. The van der Waals surface area contributed by atoms with E-state index in [2.05, 4.69) is 42.6 Å². The summed E-state index contributed by atoms with van der Waals surface area (Å²) in [5.74, 6) is 1.84. The number of ether oxygens (including phenoxy) is 2. The number of hydrogen-bond donors (Lipinski definition) is 1. The van der Waals surface area contributed by atoms with Gasteiger partial charge in [0, 0.05) is 0 Å². The summed E-state index contributed by atoms with van der Waals surface area (Å²) in [6.45, 7) is 5.40. The minimum Gasteiger partial charge on any atom is -0.494 e. The van der Waals surface area contributed by atoms with E-state index < -0.39 is 0 Å². The van der Waals surface area contributed by atoms with Crippen molar-refractivity contribution in [1.82, 2.24) is 0 Å². The first-order chi connectivity index (χ1) is 9.76. The van der Waals surface area contributed by atoms with E-state index >= 15 is 0 Å². The van der Waals surface area contributed by atoms with Crippen molar-refractivity contribution >= 4 is 5.69 Å². The Hall–Kier alpha value is -2.16. The molecule has 0 aliphatic carbocycles. The summed E-state index contributed by atoms with van der Waals surface area (Å²) in [7, 11) is 0. The van der Waals surface area contributed by atoms with Crippen LogP contribution in [0, 0.1) is 6.92 Å². The number of fused-ring (bicyclic) bond motifs is 1. The molecule has 0 bridgehead atoms. The fraction of sp³-hybridized carbons (Fsp3) is 0.294. The van der Waals surface area contributed by atoms with Crippen LogP contribution in [-0.2, 0) is 0 Å². The first-order valence-electron chi connectivity index (χ1n) is 6.99. The van der Waals surface area contributed by atoms with Crippen molar-refractivity contribution in [2.45, 2.75) is 19.9 Å². The van der Waals surface area contributed by atoms with Gasteiger partial charge in [-0.15, -0.1) is 0 Å². The van der Waals surface area contributed by atoms with Crippen LogP contribution < -0.4 is 14.8 Å². The maximum absolute atomic E-state index is 5.86. The maximum atomic E-state index is 5.86. The highest BCUT2D eigenvalue weighted by atomic mass is 16.5. The molecule has 104 valence electrons. The average Bonchev–Trinajstić information content (AvgIpc) is 2.48. The van der Waals surface area contributed by atoms with Gasteiger partial charge >= 0.3 is 0 Å². The van der Waals surface area contributed by atoms with E-state index in [-0.39, 0.29) is 6.04 Å². The van der Waals surface area contributed by atoms with Gasteiger partial charge in [-0.3, -0.25) is 0 Å². The van der Waals surface area contributed by atoms with Gasteiger partial charge in [-0.2, -0.15) is 0 Å². The topological polar surface area (TPSA) is 30.5 Å². The van der Waals surface area contributed by atoms with Crippen molar-refractivity contribution in [2.24, 2.45) is 0 Å². The number of nitrogens with one attached hydrogen (secondary N) is 1. The lowest BCUT2D eigenvalue weighted by Crippen LogP contribution is -2.23. The molecule has 0 saturated heterocycles. The molecule has 2 aromatic carbocycles. The molecule has 0 aromatic heterocycles. The second kappa shape index (κ2) is 5.45. The molecule has 1 atom stereocenters. The normalized spacial score (nSPS) is 16.8. The zero-order valence-electron chi connectivity index (χ0n) is 11.8. The first-order valence-corrected chi connectivity index (χ1v) is 6.99. The number of aryl methyl sites for hydroxylation is 1. The lowest BCUT2D eigenvalue weighted by Gasteiger charge is -2.28. The van der Waals surface area contributed by atoms with Crippen molar-refractivity contribution in [2.75, 3.05) is 18.5 Å². The van der Waals surface area contributed by atoms with Crippen LogP contribution in [0.2, 0.25) is 0 Å². The molecule has 0 spiro atoms. The summed E-state index contributed by atoms with van der Waals surface area (Å²) in [4.78, 5) is 0.